The Labute approximate surface area is 807 Å². The molecule has 0 saturated heterocycles. The summed E-state index contributed by atoms with van der Waals surface area (Å²) in [5.74, 6) is -3.96. The molecular formula is C96H163N15O26. The van der Waals surface area contributed by atoms with Crippen molar-refractivity contribution in [3.63, 3.8) is 0 Å². The van der Waals surface area contributed by atoms with Crippen molar-refractivity contribution in [1.29, 1.82) is 0 Å². The summed E-state index contributed by atoms with van der Waals surface area (Å²) in [5, 5.41) is 87.2. The zero-order valence-electron chi connectivity index (χ0n) is 84.8. The van der Waals surface area contributed by atoms with Crippen LogP contribution in [0.3, 0.4) is 0 Å². The third-order valence-corrected chi connectivity index (χ3v) is 26.3. The summed E-state index contributed by atoms with van der Waals surface area (Å²) in [7, 11) is 0. The molecule has 5 aliphatic rings. The van der Waals surface area contributed by atoms with E-state index in [0.717, 1.165) is 24.6 Å². The first kappa shape index (κ1) is 116. The molecule has 6 rings (SSSR count). The summed E-state index contributed by atoms with van der Waals surface area (Å²) in [6.07, 6.45) is 6.06. The summed E-state index contributed by atoms with van der Waals surface area (Å²) in [6.45, 7) is 38.8. The number of aliphatic hydroxyl groups excluding tert-OH is 3. The maximum absolute atomic E-state index is 14.6. The minimum atomic E-state index is -1.74. The number of oxime groups is 1. The van der Waals surface area contributed by atoms with Crippen LogP contribution in [-0.4, -0.2) is 293 Å². The van der Waals surface area contributed by atoms with Crippen LogP contribution in [-0.2, 0) is 38.0 Å². The molecule has 13 unspecified atom stereocenters. The van der Waals surface area contributed by atoms with Gasteiger partial charge in [-0.3, -0.25) is 4.84 Å². The van der Waals surface area contributed by atoms with E-state index in [1.54, 1.807) is 27.7 Å². The van der Waals surface area contributed by atoms with Crippen molar-refractivity contribution in [3.8, 4) is 0 Å². The number of amides is 14. The molecule has 0 spiro atoms. The van der Waals surface area contributed by atoms with Crippen molar-refractivity contribution in [1.82, 2.24) is 73.6 Å². The molecule has 0 aliphatic heterocycles. The van der Waals surface area contributed by atoms with Gasteiger partial charge in [0.05, 0.1) is 87.3 Å². The van der Waals surface area contributed by atoms with Crippen LogP contribution in [0.2, 0.25) is 0 Å². The Kier molecular flexibility index (Phi) is 43.1. The Morgan fingerprint density at radius 2 is 0.803 bits per heavy atom. The number of aromatic carboxylic acids is 2. The van der Waals surface area contributed by atoms with E-state index in [0.29, 0.717) is 121 Å². The standard InChI is InChI=1S/C96H163N15O26/c1-21-62(3)109-137-85(129)108-70-42-90(14,15)54-95(20,47-70)59-101-82(126)135-61-96(22-2,60-134-81(125)100-58-94(19)45-68(40-88(10,11)53-94)106-83(127)133-35-24-23-34-132-80(124)99-57-93(18)44-67(39-87(8,9)52-93)105-79(123)110(27-31-112)28-32-113)136-84(128)107-69-41-89(12,13)50-91(16,46-69)55-97-76(120)102-63(4)48-130-49-64(5)103-77(121)104-66-38-86(6,7)51-92(17,43-66)56-98-78(122)111(29-33-114)30-36-131-75(119)71-26-25-65(73(115)116)37-72(71)74(117)118/h25-26,37,63-64,66-70,112-114H,21-24,27-36,38-61H2,1-20H3,(H,98,122)(H,99,124)(H,100,125)(H,101,126)(H,105,123)(H,106,127)(H,107,128)(H,108,129)(H,115,116)(H,117,118)(H2,97,102,120)(H2,103,104,121)/b109-62-. The molecule has 137 heavy (non-hydrogen) atoms. The van der Waals surface area contributed by atoms with Gasteiger partial charge in [-0.25, -0.2) is 62.3 Å². The second kappa shape index (κ2) is 51.1. The fourth-order valence-electron chi connectivity index (χ4n) is 22.2. The smallest absolute Gasteiger partial charge is 0.433 e. The molecule has 5 fully saturated rings. The van der Waals surface area contributed by atoms with Gasteiger partial charge in [-0.15, -0.1) is 0 Å². The van der Waals surface area contributed by atoms with Gasteiger partial charge in [-0.05, 0) is 215 Å². The Balaban J connectivity index is 0.988. The molecule has 14 amide bonds. The number of esters is 1. The highest BCUT2D eigenvalue weighted by atomic mass is 16.7. The molecule has 0 aromatic heterocycles. The minimum absolute atomic E-state index is 0.00829. The number of nitrogens with one attached hydrogen (secondary N) is 12. The first-order valence-corrected chi connectivity index (χ1v) is 48.3. The summed E-state index contributed by atoms with van der Waals surface area (Å²) >= 11 is 0. The lowest BCUT2D eigenvalue weighted by molar-refractivity contribution is -0.0747. The van der Waals surface area contributed by atoms with Crippen molar-refractivity contribution in [2.24, 2.45) is 59.3 Å². The van der Waals surface area contributed by atoms with Crippen molar-refractivity contribution in [2.75, 3.05) is 125 Å². The number of carboxylic acids is 2. The molecule has 17 N–H and O–H groups in total. The van der Waals surface area contributed by atoms with Crippen LogP contribution in [0, 0.1) is 54.1 Å². The van der Waals surface area contributed by atoms with E-state index in [-0.39, 0.29) is 179 Å². The maximum atomic E-state index is 14.6. The highest BCUT2D eigenvalue weighted by Gasteiger charge is 2.49. The number of carbonyl (C=O) groups excluding carboxylic acids is 11. The van der Waals surface area contributed by atoms with E-state index in [4.69, 9.17) is 38.0 Å². The van der Waals surface area contributed by atoms with Crippen molar-refractivity contribution in [3.05, 3.63) is 34.9 Å². The second-order valence-electron chi connectivity index (χ2n) is 44.9. The SMILES string of the molecule is CC/C(C)=N\OC(=O)NC1CC(C)(C)CC(C)(CNC(=O)OCC(CC)(COC(=O)NCC2(C)CC(NC(=O)OCCCCOC(=O)NCC3(C)CC(NC(=O)N(CCO)CCO)CC(C)(C)C3)CC(C)(C)C2)OC(=O)NC2CC(C)(C)CC(C)(CNC(=O)NC(C)COCC(C)NC(=O)NC3CC(C)(C)CC(C)(CNC(=O)N(CCO)CCOC(=O)c4ccc(C(=O)O)cc4C(=O)O)C3)C2)C1. The maximum Gasteiger partial charge on any atom is 0.433 e. The van der Waals surface area contributed by atoms with Crippen molar-refractivity contribution < 1.29 is 126 Å². The van der Waals surface area contributed by atoms with Gasteiger partial charge < -0.3 is 132 Å². The second-order valence-corrected chi connectivity index (χ2v) is 44.9. The van der Waals surface area contributed by atoms with Gasteiger partial charge in [-0.2, -0.15) is 0 Å². The molecule has 13 atom stereocenters. The predicted molar refractivity (Wildman–Crippen MR) is 510 cm³/mol. The van der Waals surface area contributed by atoms with Crippen LogP contribution < -0.4 is 63.8 Å². The number of hydrogen-bond acceptors (Lipinski definition) is 25. The number of urea groups is 4. The number of rotatable bonds is 46. The summed E-state index contributed by atoms with van der Waals surface area (Å²) < 4.78 is 40.5. The van der Waals surface area contributed by atoms with Gasteiger partial charge in [0.15, 0.2) is 5.60 Å². The average molecular weight is 1940 g/mol. The van der Waals surface area contributed by atoms with E-state index in [1.807, 2.05) is 34.6 Å². The lowest BCUT2D eigenvalue weighted by Crippen LogP contribution is -2.54. The zero-order chi connectivity index (χ0) is 102. The Hall–Kier alpha value is -10.2. The minimum Gasteiger partial charge on any atom is -0.478 e. The Morgan fingerprint density at radius 3 is 1.22 bits per heavy atom. The van der Waals surface area contributed by atoms with E-state index >= 15 is 0 Å². The summed E-state index contributed by atoms with van der Waals surface area (Å²) in [5.41, 5.74) is -6.25. The third-order valence-electron chi connectivity index (χ3n) is 26.3. The Bertz CT molecular complexity index is 4260. The average Bonchev–Trinajstić information content (AvgIpc) is 0.821. The van der Waals surface area contributed by atoms with Gasteiger partial charge in [0.1, 0.15) is 19.8 Å². The molecule has 5 saturated carbocycles. The summed E-state index contributed by atoms with van der Waals surface area (Å²) in [4.78, 5) is 179. The molecule has 0 radical (unpaired) electrons. The molecule has 5 aliphatic carbocycles. The van der Waals surface area contributed by atoms with E-state index in [1.165, 1.54) is 9.80 Å². The van der Waals surface area contributed by atoms with Gasteiger partial charge in [0.2, 0.25) is 0 Å². The number of alkyl carbamates (subject to hydrolysis) is 5. The van der Waals surface area contributed by atoms with Crippen molar-refractivity contribution in [2.45, 2.75) is 308 Å². The largest absolute Gasteiger partial charge is 0.478 e. The number of hydrogen-bond donors (Lipinski definition) is 17. The number of carbonyl (C=O) groups is 13. The van der Waals surface area contributed by atoms with Crippen LogP contribution in [0.5, 0.6) is 0 Å². The zero-order valence-corrected chi connectivity index (χ0v) is 84.8. The first-order valence-electron chi connectivity index (χ1n) is 48.3. The fraction of sp³-hybridized carbons (Fsp3) is 0.792. The molecule has 0 bridgehead atoms. The fourth-order valence-corrected chi connectivity index (χ4v) is 22.2. The van der Waals surface area contributed by atoms with Crippen LogP contribution in [0.1, 0.15) is 292 Å². The van der Waals surface area contributed by atoms with Crippen LogP contribution in [0.4, 0.5) is 47.9 Å². The summed E-state index contributed by atoms with van der Waals surface area (Å²) in [6, 6.07) is -1.42. The van der Waals surface area contributed by atoms with Gasteiger partial charge >= 0.3 is 78.6 Å². The van der Waals surface area contributed by atoms with Gasteiger partial charge in [0, 0.05) is 82.6 Å². The number of aliphatic hydroxyl groups is 3. The topological polar surface area (TPSA) is 560 Å². The molecule has 1 aromatic rings. The van der Waals surface area contributed by atoms with E-state index in [2.05, 4.69) is 145 Å². The molecule has 1 aromatic carbocycles. The monoisotopic (exact) mass is 1940 g/mol. The van der Waals surface area contributed by atoms with Crippen molar-refractivity contribution >= 4 is 84.3 Å². The number of benzene rings is 1. The molecule has 0 heterocycles. The molecule has 41 heteroatoms. The van der Waals surface area contributed by atoms with Crippen LogP contribution in [0.25, 0.3) is 0 Å². The van der Waals surface area contributed by atoms with E-state index in [9.17, 15) is 87.9 Å². The van der Waals surface area contributed by atoms with Gasteiger partial charge in [0.25, 0.3) is 0 Å². The first-order chi connectivity index (χ1) is 63.8. The highest BCUT2D eigenvalue weighted by molar-refractivity contribution is 6.04. The molecule has 41 nitrogen and oxygen atoms in total. The number of ether oxygens (including phenoxy) is 7. The molecule has 778 valence electrons. The van der Waals surface area contributed by atoms with Crippen LogP contribution >= 0.6 is 0 Å². The number of carboxylic acid groups (broad SMARTS) is 2. The molecular weight excluding hydrogens is 1780 g/mol. The normalized spacial score (nSPS) is 25.4. The quantitative estimate of drug-likeness (QED) is 0.00720. The lowest BCUT2D eigenvalue weighted by atomic mass is 9.62. The lowest BCUT2D eigenvalue weighted by Gasteiger charge is -2.47. The number of nitrogens with zero attached hydrogens (tertiary/aromatic N) is 3. The van der Waals surface area contributed by atoms with E-state index < -0.39 is 143 Å². The number of unbranched alkanes of at least 4 members (excludes halogenated alkanes) is 1. The van der Waals surface area contributed by atoms with Crippen LogP contribution in [0.15, 0.2) is 23.4 Å². The third kappa shape index (κ3) is 40.7. The Morgan fingerprint density at radius 1 is 0.423 bits per heavy atom. The predicted octanol–water partition coefficient (Wildman–Crippen LogP) is 11.6. The highest BCUT2D eigenvalue weighted by Crippen LogP contribution is 2.51. The van der Waals surface area contributed by atoms with Gasteiger partial charge in [-0.1, -0.05) is 123 Å².